The molecule has 0 radical (unpaired) electrons. The summed E-state index contributed by atoms with van der Waals surface area (Å²) in [7, 11) is 0. The number of pyridine rings is 1. The number of rotatable bonds is 5. The Labute approximate surface area is 166 Å². The summed E-state index contributed by atoms with van der Waals surface area (Å²) >= 11 is 1.50. The van der Waals surface area contributed by atoms with E-state index < -0.39 is 0 Å². The molecule has 1 aliphatic heterocycles. The molecular formula is C20H20N6OS. The standard InChI is InChI=1S/C20H20N6OS/c1-2-4-16(5-3-1)27-18-7-6-17-19(25-18)28-20(24-17)23-14-12-22-26(13-14)15-8-10-21-11-9-15/h1-7,12-13,15,21H,8-11H2,(H,23,24). The third-order valence-corrected chi connectivity index (χ3v) is 5.61. The molecular weight excluding hydrogens is 372 g/mol. The van der Waals surface area contributed by atoms with Crippen molar-refractivity contribution in [2.45, 2.75) is 18.9 Å². The molecule has 142 valence electrons. The molecule has 0 saturated carbocycles. The number of ether oxygens (including phenoxy) is 1. The van der Waals surface area contributed by atoms with Crippen molar-refractivity contribution in [3.05, 3.63) is 54.9 Å². The Morgan fingerprint density at radius 3 is 2.79 bits per heavy atom. The molecule has 1 aromatic carbocycles. The van der Waals surface area contributed by atoms with E-state index in [9.17, 15) is 0 Å². The van der Waals surface area contributed by atoms with E-state index >= 15 is 0 Å². The van der Waals surface area contributed by atoms with Crippen molar-refractivity contribution < 1.29 is 4.74 Å². The van der Waals surface area contributed by atoms with Crippen molar-refractivity contribution in [3.63, 3.8) is 0 Å². The third kappa shape index (κ3) is 3.69. The Kier molecular flexibility index (Phi) is 4.64. The quantitative estimate of drug-likeness (QED) is 0.526. The van der Waals surface area contributed by atoms with Crippen LogP contribution in [0.5, 0.6) is 11.6 Å². The highest BCUT2D eigenvalue weighted by Gasteiger charge is 2.16. The Balaban J connectivity index is 1.32. The minimum Gasteiger partial charge on any atom is -0.439 e. The zero-order valence-corrected chi connectivity index (χ0v) is 16.0. The molecule has 4 aromatic rings. The van der Waals surface area contributed by atoms with Crippen LogP contribution in [0, 0.1) is 0 Å². The number of benzene rings is 1. The summed E-state index contributed by atoms with van der Waals surface area (Å²) in [4.78, 5) is 10.0. The Morgan fingerprint density at radius 2 is 1.93 bits per heavy atom. The smallest absolute Gasteiger partial charge is 0.220 e. The zero-order valence-electron chi connectivity index (χ0n) is 15.2. The lowest BCUT2D eigenvalue weighted by Crippen LogP contribution is -2.29. The molecule has 0 spiro atoms. The van der Waals surface area contributed by atoms with E-state index in [0.29, 0.717) is 11.9 Å². The van der Waals surface area contributed by atoms with Crippen molar-refractivity contribution in [1.29, 1.82) is 0 Å². The molecule has 0 bridgehead atoms. The molecule has 0 amide bonds. The predicted molar refractivity (Wildman–Crippen MR) is 111 cm³/mol. The molecule has 0 aliphatic carbocycles. The fraction of sp³-hybridized carbons (Fsp3) is 0.250. The molecule has 5 rings (SSSR count). The van der Waals surface area contributed by atoms with Crippen LogP contribution in [0.15, 0.2) is 54.9 Å². The summed E-state index contributed by atoms with van der Waals surface area (Å²) < 4.78 is 7.87. The maximum absolute atomic E-state index is 5.81. The third-order valence-electron chi connectivity index (χ3n) is 4.73. The molecule has 2 N–H and O–H groups in total. The van der Waals surface area contributed by atoms with E-state index in [4.69, 9.17) is 4.74 Å². The number of anilines is 2. The van der Waals surface area contributed by atoms with Crippen LogP contribution < -0.4 is 15.4 Å². The van der Waals surface area contributed by atoms with Gasteiger partial charge in [0.2, 0.25) is 5.88 Å². The number of nitrogens with one attached hydrogen (secondary N) is 2. The second-order valence-electron chi connectivity index (χ2n) is 6.72. The summed E-state index contributed by atoms with van der Waals surface area (Å²) in [6.07, 6.45) is 6.12. The lowest BCUT2D eigenvalue weighted by Gasteiger charge is -2.22. The van der Waals surface area contributed by atoms with E-state index in [-0.39, 0.29) is 0 Å². The molecule has 1 aliphatic rings. The summed E-state index contributed by atoms with van der Waals surface area (Å²) in [5.41, 5.74) is 1.79. The molecule has 0 atom stereocenters. The lowest BCUT2D eigenvalue weighted by atomic mass is 10.1. The van der Waals surface area contributed by atoms with Crippen LogP contribution in [0.2, 0.25) is 0 Å². The highest BCUT2D eigenvalue weighted by Crippen LogP contribution is 2.30. The van der Waals surface area contributed by atoms with E-state index in [0.717, 1.165) is 52.8 Å². The first-order valence-corrected chi connectivity index (χ1v) is 10.2. The highest BCUT2D eigenvalue weighted by atomic mass is 32.1. The number of para-hydroxylation sites is 1. The second kappa shape index (κ2) is 7.57. The number of hydrogen-bond acceptors (Lipinski definition) is 7. The molecule has 4 heterocycles. The van der Waals surface area contributed by atoms with Gasteiger partial charge in [-0.3, -0.25) is 4.68 Å². The fourth-order valence-electron chi connectivity index (χ4n) is 3.32. The van der Waals surface area contributed by atoms with Crippen LogP contribution in [0.1, 0.15) is 18.9 Å². The van der Waals surface area contributed by atoms with Crippen molar-refractivity contribution in [2.75, 3.05) is 18.4 Å². The molecule has 1 fully saturated rings. The first kappa shape index (κ1) is 17.2. The van der Waals surface area contributed by atoms with E-state index in [1.165, 1.54) is 11.3 Å². The fourth-order valence-corrected chi connectivity index (χ4v) is 4.17. The number of hydrogen-bond donors (Lipinski definition) is 2. The summed E-state index contributed by atoms with van der Waals surface area (Å²) in [5.74, 6) is 1.33. The van der Waals surface area contributed by atoms with Gasteiger partial charge < -0.3 is 15.4 Å². The largest absolute Gasteiger partial charge is 0.439 e. The van der Waals surface area contributed by atoms with Gasteiger partial charge in [-0.15, -0.1) is 0 Å². The van der Waals surface area contributed by atoms with Gasteiger partial charge in [-0.25, -0.2) is 9.97 Å². The van der Waals surface area contributed by atoms with Crippen LogP contribution in [0.4, 0.5) is 10.8 Å². The second-order valence-corrected chi connectivity index (χ2v) is 7.70. The minimum atomic E-state index is 0.464. The van der Waals surface area contributed by atoms with Gasteiger partial charge in [0.05, 0.1) is 17.9 Å². The topological polar surface area (TPSA) is 76.9 Å². The van der Waals surface area contributed by atoms with Gasteiger partial charge >= 0.3 is 0 Å². The highest BCUT2D eigenvalue weighted by molar-refractivity contribution is 7.21. The SMILES string of the molecule is c1ccc(Oc2ccc3nc(Nc4cnn(C5CCNCC5)c4)sc3n2)cc1. The first-order valence-electron chi connectivity index (χ1n) is 9.36. The average molecular weight is 392 g/mol. The molecule has 28 heavy (non-hydrogen) atoms. The lowest BCUT2D eigenvalue weighted by molar-refractivity contribution is 0.343. The van der Waals surface area contributed by atoms with Gasteiger partial charge in [-0.1, -0.05) is 29.5 Å². The zero-order chi connectivity index (χ0) is 18.8. The van der Waals surface area contributed by atoms with E-state index in [1.54, 1.807) is 0 Å². The summed E-state index contributed by atoms with van der Waals surface area (Å²) in [5, 5.41) is 12.0. The van der Waals surface area contributed by atoms with Crippen LogP contribution in [0.25, 0.3) is 10.3 Å². The van der Waals surface area contributed by atoms with Crippen molar-refractivity contribution in [1.82, 2.24) is 25.1 Å². The van der Waals surface area contributed by atoms with Gasteiger partial charge in [0.15, 0.2) is 5.13 Å². The summed E-state index contributed by atoms with van der Waals surface area (Å²) in [6, 6.07) is 13.9. The number of piperidine rings is 1. The maximum atomic E-state index is 5.81. The molecule has 3 aromatic heterocycles. The van der Waals surface area contributed by atoms with Crippen LogP contribution >= 0.6 is 11.3 Å². The average Bonchev–Trinajstić information content (AvgIpc) is 3.36. The Bertz CT molecular complexity index is 1070. The van der Waals surface area contributed by atoms with E-state index in [2.05, 4.69) is 36.6 Å². The van der Waals surface area contributed by atoms with Gasteiger partial charge in [-0.05, 0) is 44.1 Å². The first-order chi connectivity index (χ1) is 13.8. The van der Waals surface area contributed by atoms with Crippen molar-refractivity contribution >= 4 is 32.5 Å². The molecule has 7 nitrogen and oxygen atoms in total. The Hall–Kier alpha value is -2.97. The number of nitrogens with zero attached hydrogens (tertiary/aromatic N) is 4. The van der Waals surface area contributed by atoms with Crippen molar-refractivity contribution in [3.8, 4) is 11.6 Å². The van der Waals surface area contributed by atoms with Gasteiger partial charge in [0.1, 0.15) is 16.1 Å². The van der Waals surface area contributed by atoms with Crippen LogP contribution in [-0.2, 0) is 0 Å². The predicted octanol–water partition coefficient (Wildman–Crippen LogP) is 4.35. The normalized spacial score (nSPS) is 15.0. The number of fused-ring (bicyclic) bond motifs is 1. The number of aromatic nitrogens is 4. The monoisotopic (exact) mass is 392 g/mol. The summed E-state index contributed by atoms with van der Waals surface area (Å²) in [6.45, 7) is 2.09. The van der Waals surface area contributed by atoms with Crippen LogP contribution in [-0.4, -0.2) is 32.8 Å². The Morgan fingerprint density at radius 1 is 1.07 bits per heavy atom. The maximum Gasteiger partial charge on any atom is 0.220 e. The van der Waals surface area contributed by atoms with E-state index in [1.807, 2.05) is 48.7 Å². The van der Waals surface area contributed by atoms with Gasteiger partial charge in [-0.2, -0.15) is 5.10 Å². The molecule has 8 heteroatoms. The molecule has 1 saturated heterocycles. The molecule has 0 unspecified atom stereocenters. The van der Waals surface area contributed by atoms with Gasteiger partial charge in [0.25, 0.3) is 0 Å². The minimum absolute atomic E-state index is 0.464. The van der Waals surface area contributed by atoms with Gasteiger partial charge in [0, 0.05) is 12.3 Å². The van der Waals surface area contributed by atoms with Crippen LogP contribution in [0.3, 0.4) is 0 Å². The van der Waals surface area contributed by atoms with Crippen molar-refractivity contribution in [2.24, 2.45) is 0 Å². The number of thiazole rings is 1.